The fraction of sp³-hybridized carbons (Fsp3) is 0.231. The second kappa shape index (κ2) is 10.9. The van der Waals surface area contributed by atoms with Gasteiger partial charge in [0.1, 0.15) is 0 Å². The van der Waals surface area contributed by atoms with Gasteiger partial charge in [0.2, 0.25) is 0 Å². The number of benzene rings is 3. The molecule has 3 N–H and O–H groups in total. The first kappa shape index (κ1) is 26.2. The van der Waals surface area contributed by atoms with E-state index in [1.165, 1.54) is 6.07 Å². The van der Waals surface area contributed by atoms with E-state index in [0.29, 0.717) is 16.2 Å². The van der Waals surface area contributed by atoms with Gasteiger partial charge in [-0.2, -0.15) is 13.2 Å². The van der Waals surface area contributed by atoms with E-state index < -0.39 is 28.7 Å². The first-order chi connectivity index (χ1) is 16.5. The summed E-state index contributed by atoms with van der Waals surface area (Å²) >= 11 is 5.69. The molecule has 2 atom stereocenters. The van der Waals surface area contributed by atoms with Crippen molar-refractivity contribution in [3.63, 3.8) is 0 Å². The van der Waals surface area contributed by atoms with Crippen LogP contribution in [-0.4, -0.2) is 25.4 Å². The molecule has 35 heavy (non-hydrogen) atoms. The van der Waals surface area contributed by atoms with Gasteiger partial charge in [-0.05, 0) is 43.2 Å². The number of hydrogen-bond donors (Lipinski definition) is 3. The quantitative estimate of drug-likeness (QED) is 0.432. The van der Waals surface area contributed by atoms with E-state index in [-0.39, 0.29) is 18.1 Å². The van der Waals surface area contributed by atoms with Crippen LogP contribution >= 0.6 is 11.6 Å². The lowest BCUT2D eigenvalue weighted by Gasteiger charge is -2.25. The molecular formula is C26H26ClF3N3O2+. The Balaban J connectivity index is 1.83. The van der Waals surface area contributed by atoms with E-state index in [2.05, 4.69) is 10.6 Å². The molecule has 2 amide bonds. The van der Waals surface area contributed by atoms with Gasteiger partial charge in [0.05, 0.1) is 17.6 Å². The minimum Gasteiger partial charge on any atom is -0.321 e. The number of carbonyl (C=O) groups excluding carboxylic acids is 2. The molecule has 0 fully saturated rings. The third-order valence-corrected chi connectivity index (χ3v) is 5.94. The third kappa shape index (κ3) is 6.61. The lowest BCUT2D eigenvalue weighted by atomic mass is 10.0. The molecule has 0 aliphatic heterocycles. The van der Waals surface area contributed by atoms with E-state index in [9.17, 15) is 22.8 Å². The average molecular weight is 505 g/mol. The van der Waals surface area contributed by atoms with Gasteiger partial charge >= 0.3 is 6.18 Å². The second-order valence-electron chi connectivity index (χ2n) is 8.36. The van der Waals surface area contributed by atoms with Gasteiger partial charge in [0.25, 0.3) is 11.8 Å². The first-order valence-electron chi connectivity index (χ1n) is 10.9. The molecule has 3 aromatic carbocycles. The van der Waals surface area contributed by atoms with Crippen LogP contribution in [0.3, 0.4) is 0 Å². The molecule has 5 nitrogen and oxygen atoms in total. The SMILES string of the molecule is Cc1cccc(C)c1NC(=O)C[NH+](C)[C@@H](C(=O)Nc1ccc(Cl)c(C(F)(F)F)c1)c1ccccc1. The van der Waals surface area contributed by atoms with Crippen LogP contribution < -0.4 is 15.5 Å². The summed E-state index contributed by atoms with van der Waals surface area (Å²) in [6, 6.07) is 16.8. The van der Waals surface area contributed by atoms with Gasteiger partial charge in [-0.3, -0.25) is 9.59 Å². The first-order valence-corrected chi connectivity index (χ1v) is 11.3. The molecule has 9 heteroatoms. The number of hydrogen-bond acceptors (Lipinski definition) is 2. The Morgan fingerprint density at radius 2 is 1.57 bits per heavy atom. The summed E-state index contributed by atoms with van der Waals surface area (Å²) in [5, 5.41) is 5.00. The number of rotatable bonds is 7. The van der Waals surface area contributed by atoms with Crippen molar-refractivity contribution in [1.82, 2.24) is 0 Å². The number of alkyl halides is 3. The molecule has 3 aromatic rings. The molecule has 0 saturated carbocycles. The summed E-state index contributed by atoms with van der Waals surface area (Å²) < 4.78 is 39.8. The molecule has 0 aromatic heterocycles. The molecular weight excluding hydrogens is 479 g/mol. The van der Waals surface area contributed by atoms with Crippen molar-refractivity contribution in [3.8, 4) is 0 Å². The van der Waals surface area contributed by atoms with Crippen molar-refractivity contribution in [1.29, 1.82) is 0 Å². The monoisotopic (exact) mass is 504 g/mol. The predicted molar refractivity (Wildman–Crippen MR) is 131 cm³/mol. The van der Waals surface area contributed by atoms with Gasteiger partial charge in [-0.15, -0.1) is 0 Å². The summed E-state index contributed by atoms with van der Waals surface area (Å²) in [5.41, 5.74) is 2.08. The molecule has 0 radical (unpaired) electrons. The minimum atomic E-state index is -4.66. The topological polar surface area (TPSA) is 62.6 Å². The molecule has 0 aliphatic carbocycles. The van der Waals surface area contributed by atoms with Gasteiger partial charge in [0, 0.05) is 16.9 Å². The van der Waals surface area contributed by atoms with Crippen molar-refractivity contribution in [3.05, 3.63) is 94.0 Å². The van der Waals surface area contributed by atoms with Crippen LogP contribution in [0.5, 0.6) is 0 Å². The van der Waals surface area contributed by atoms with Crippen LogP contribution in [-0.2, 0) is 15.8 Å². The van der Waals surface area contributed by atoms with E-state index in [0.717, 1.165) is 23.3 Å². The van der Waals surface area contributed by atoms with E-state index in [4.69, 9.17) is 11.6 Å². The highest BCUT2D eigenvalue weighted by Crippen LogP contribution is 2.36. The summed E-state index contributed by atoms with van der Waals surface area (Å²) in [5.74, 6) is -0.844. The molecule has 184 valence electrons. The van der Waals surface area contributed by atoms with Crippen molar-refractivity contribution in [2.75, 3.05) is 24.2 Å². The average Bonchev–Trinajstić information content (AvgIpc) is 2.78. The lowest BCUT2D eigenvalue weighted by molar-refractivity contribution is -0.893. The molecule has 0 aliphatic rings. The molecule has 0 spiro atoms. The Bertz CT molecular complexity index is 1200. The summed E-state index contributed by atoms with van der Waals surface area (Å²) in [4.78, 5) is 26.6. The van der Waals surface area contributed by atoms with Gasteiger partial charge in [-0.1, -0.05) is 60.1 Å². The highest BCUT2D eigenvalue weighted by Gasteiger charge is 2.35. The predicted octanol–water partition coefficient (Wildman–Crippen LogP) is 4.81. The highest BCUT2D eigenvalue weighted by molar-refractivity contribution is 6.31. The molecule has 3 rings (SSSR count). The summed E-state index contributed by atoms with van der Waals surface area (Å²) in [6.07, 6.45) is -4.66. The lowest BCUT2D eigenvalue weighted by Crippen LogP contribution is -3.11. The molecule has 0 heterocycles. The fourth-order valence-electron chi connectivity index (χ4n) is 3.89. The van der Waals surface area contributed by atoms with Crippen LogP contribution in [0.25, 0.3) is 0 Å². The summed E-state index contributed by atoms with van der Waals surface area (Å²) in [6.45, 7) is 3.73. The normalized spacial score (nSPS) is 13.1. The van der Waals surface area contributed by atoms with E-state index >= 15 is 0 Å². The standard InChI is InChI=1S/C26H25ClF3N3O2/c1-16-8-7-9-17(2)23(16)32-22(34)15-33(3)24(18-10-5-4-6-11-18)25(35)31-19-12-13-21(27)20(14-19)26(28,29)30/h4-14,24H,15H2,1-3H3,(H,31,35)(H,32,34)/p+1/t24-/m1/s1. The van der Waals surface area contributed by atoms with Crippen LogP contribution in [0.1, 0.15) is 28.3 Å². The zero-order valence-corrected chi connectivity index (χ0v) is 20.2. The number of quaternary nitrogens is 1. The van der Waals surface area contributed by atoms with Crippen molar-refractivity contribution >= 4 is 34.8 Å². The molecule has 0 saturated heterocycles. The smallest absolute Gasteiger partial charge is 0.321 e. The van der Waals surface area contributed by atoms with E-state index in [1.807, 2.05) is 32.0 Å². The maximum Gasteiger partial charge on any atom is 0.417 e. The van der Waals surface area contributed by atoms with Gasteiger partial charge in [-0.25, -0.2) is 0 Å². The number of likely N-dealkylation sites (N-methyl/N-ethyl adjacent to an activating group) is 1. The maximum atomic E-state index is 13.3. The van der Waals surface area contributed by atoms with Crippen LogP contribution in [0.15, 0.2) is 66.7 Å². The van der Waals surface area contributed by atoms with Crippen molar-refractivity contribution < 1.29 is 27.7 Å². The fourth-order valence-corrected chi connectivity index (χ4v) is 4.12. The number of halogens is 4. The zero-order valence-electron chi connectivity index (χ0n) is 19.5. The largest absolute Gasteiger partial charge is 0.417 e. The Morgan fingerprint density at radius 1 is 0.943 bits per heavy atom. The molecule has 1 unspecified atom stereocenters. The number of para-hydroxylation sites is 1. The zero-order chi connectivity index (χ0) is 25.8. The second-order valence-corrected chi connectivity index (χ2v) is 8.77. The Labute approximate surface area is 206 Å². The number of amides is 2. The number of nitrogens with one attached hydrogen (secondary N) is 3. The highest BCUT2D eigenvalue weighted by atomic mass is 35.5. The van der Waals surface area contributed by atoms with Crippen molar-refractivity contribution in [2.24, 2.45) is 0 Å². The van der Waals surface area contributed by atoms with Crippen molar-refractivity contribution in [2.45, 2.75) is 26.1 Å². The maximum absolute atomic E-state index is 13.3. The van der Waals surface area contributed by atoms with Gasteiger partial charge < -0.3 is 15.5 Å². The third-order valence-electron chi connectivity index (χ3n) is 5.61. The molecule has 0 bridgehead atoms. The van der Waals surface area contributed by atoms with E-state index in [1.54, 1.807) is 37.4 Å². The van der Waals surface area contributed by atoms with Gasteiger partial charge in [0.15, 0.2) is 12.6 Å². The Kier molecular flexibility index (Phi) is 8.19. The van der Waals surface area contributed by atoms with Crippen LogP contribution in [0.2, 0.25) is 5.02 Å². The Hall–Kier alpha value is -3.36. The van der Waals surface area contributed by atoms with Crippen LogP contribution in [0, 0.1) is 13.8 Å². The minimum absolute atomic E-state index is 0.0413. The Morgan fingerprint density at radius 3 is 2.17 bits per heavy atom. The number of anilines is 2. The number of carbonyl (C=O) groups is 2. The number of aryl methyl sites for hydroxylation is 2. The summed E-state index contributed by atoms with van der Waals surface area (Å²) in [7, 11) is 1.69. The van der Waals surface area contributed by atoms with Crippen LogP contribution in [0.4, 0.5) is 24.5 Å².